The van der Waals surface area contributed by atoms with Gasteiger partial charge >= 0.3 is 6.18 Å². The van der Waals surface area contributed by atoms with Gasteiger partial charge in [-0.2, -0.15) is 13.2 Å². The lowest BCUT2D eigenvalue weighted by Crippen LogP contribution is -2.12. The fourth-order valence-corrected chi connectivity index (χ4v) is 1.74. The highest BCUT2D eigenvalue weighted by Gasteiger charge is 2.35. The topological polar surface area (TPSA) is 17.1 Å². The Bertz CT molecular complexity index is 685. The van der Waals surface area contributed by atoms with Crippen molar-refractivity contribution in [1.82, 2.24) is 0 Å². The average Bonchev–Trinajstić information content (AvgIpc) is 2.37. The monoisotopic (exact) mass is 304 g/mol. The number of halogens is 6. The fourth-order valence-electron chi connectivity index (χ4n) is 1.74. The summed E-state index contributed by atoms with van der Waals surface area (Å²) in [5.41, 5.74) is -3.32. The number of carbonyl (C=O) groups is 1. The quantitative estimate of drug-likeness (QED) is 0.595. The van der Waals surface area contributed by atoms with E-state index in [0.29, 0.717) is 6.07 Å². The number of ketones is 1. The molecule has 0 N–H and O–H groups in total. The van der Waals surface area contributed by atoms with Crippen molar-refractivity contribution >= 4 is 5.78 Å². The van der Waals surface area contributed by atoms with Crippen molar-refractivity contribution in [3.8, 4) is 0 Å². The third-order valence-electron chi connectivity index (χ3n) is 2.72. The van der Waals surface area contributed by atoms with Crippen molar-refractivity contribution in [1.29, 1.82) is 0 Å². The maximum atomic E-state index is 13.4. The van der Waals surface area contributed by atoms with Crippen LogP contribution < -0.4 is 0 Å². The largest absolute Gasteiger partial charge is 0.419 e. The molecule has 2 rings (SSSR count). The first kappa shape index (κ1) is 15.1. The molecule has 0 amide bonds. The van der Waals surface area contributed by atoms with Crippen LogP contribution in [0, 0.1) is 17.5 Å². The molecule has 0 saturated carbocycles. The van der Waals surface area contributed by atoms with E-state index in [2.05, 4.69) is 0 Å². The summed E-state index contributed by atoms with van der Waals surface area (Å²) < 4.78 is 77.7. The van der Waals surface area contributed by atoms with Gasteiger partial charge in [0.05, 0.1) is 11.1 Å². The lowest BCUT2D eigenvalue weighted by atomic mass is 10.00. The minimum Gasteiger partial charge on any atom is -0.288 e. The van der Waals surface area contributed by atoms with Gasteiger partial charge in [0.2, 0.25) is 0 Å². The van der Waals surface area contributed by atoms with Crippen molar-refractivity contribution in [2.24, 2.45) is 0 Å². The molecule has 2 aromatic carbocycles. The normalized spacial score (nSPS) is 11.5. The van der Waals surface area contributed by atoms with Crippen LogP contribution in [0.1, 0.15) is 21.5 Å². The molecule has 0 spiro atoms. The molecule has 0 fully saturated rings. The summed E-state index contributed by atoms with van der Waals surface area (Å²) in [4.78, 5) is 11.9. The molecule has 0 saturated heterocycles. The smallest absolute Gasteiger partial charge is 0.288 e. The maximum absolute atomic E-state index is 13.4. The Balaban J connectivity index is 2.55. The summed E-state index contributed by atoms with van der Waals surface area (Å²) in [6.07, 6.45) is -5.02. The van der Waals surface area contributed by atoms with E-state index in [1.54, 1.807) is 0 Å². The molecule has 21 heavy (non-hydrogen) atoms. The summed E-state index contributed by atoms with van der Waals surface area (Å²) in [5.74, 6) is -5.29. The standard InChI is InChI=1S/C14H6F6O/c15-9-5-4-7(6-8(9)14(18,19)20)13(21)12-10(16)2-1-3-11(12)17/h1-6H. The highest BCUT2D eigenvalue weighted by atomic mass is 19.4. The van der Waals surface area contributed by atoms with E-state index in [9.17, 15) is 31.1 Å². The molecule has 0 bridgehead atoms. The third kappa shape index (κ3) is 2.91. The molecular formula is C14H6F6O. The first-order chi connectivity index (χ1) is 9.71. The van der Waals surface area contributed by atoms with E-state index in [0.717, 1.165) is 24.3 Å². The Kier molecular flexibility index (Phi) is 3.76. The van der Waals surface area contributed by atoms with Gasteiger partial charge in [0.1, 0.15) is 17.5 Å². The molecule has 0 aliphatic heterocycles. The summed E-state index contributed by atoms with van der Waals surface area (Å²) in [5, 5.41) is 0. The Morgan fingerprint density at radius 3 is 1.95 bits per heavy atom. The average molecular weight is 304 g/mol. The molecule has 0 heterocycles. The number of hydrogen-bond acceptors (Lipinski definition) is 1. The van der Waals surface area contributed by atoms with Crippen LogP contribution >= 0.6 is 0 Å². The molecule has 0 atom stereocenters. The Morgan fingerprint density at radius 1 is 0.857 bits per heavy atom. The van der Waals surface area contributed by atoms with Gasteiger partial charge in [0.25, 0.3) is 0 Å². The predicted octanol–water partition coefficient (Wildman–Crippen LogP) is 4.35. The molecule has 0 radical (unpaired) electrons. The van der Waals surface area contributed by atoms with Gasteiger partial charge in [-0.1, -0.05) is 6.07 Å². The lowest BCUT2D eigenvalue weighted by molar-refractivity contribution is -0.140. The molecule has 7 heteroatoms. The van der Waals surface area contributed by atoms with Gasteiger partial charge in [-0.15, -0.1) is 0 Å². The Morgan fingerprint density at radius 2 is 1.43 bits per heavy atom. The van der Waals surface area contributed by atoms with Crippen LogP contribution in [0.2, 0.25) is 0 Å². The SMILES string of the molecule is O=C(c1ccc(F)c(C(F)(F)F)c1)c1c(F)cccc1F. The molecule has 1 nitrogen and oxygen atoms in total. The lowest BCUT2D eigenvalue weighted by Gasteiger charge is -2.10. The van der Waals surface area contributed by atoms with Crippen molar-refractivity contribution < 1.29 is 31.1 Å². The fraction of sp³-hybridized carbons (Fsp3) is 0.0714. The summed E-state index contributed by atoms with van der Waals surface area (Å²) >= 11 is 0. The van der Waals surface area contributed by atoms with E-state index in [-0.39, 0.29) is 6.07 Å². The number of hydrogen-bond donors (Lipinski definition) is 0. The highest BCUT2D eigenvalue weighted by Crippen LogP contribution is 2.32. The van der Waals surface area contributed by atoms with Crippen LogP contribution in [-0.4, -0.2) is 5.78 Å². The van der Waals surface area contributed by atoms with Crippen LogP contribution in [0.4, 0.5) is 26.3 Å². The summed E-state index contributed by atoms with van der Waals surface area (Å²) in [6.45, 7) is 0. The minimum atomic E-state index is -5.02. The first-order valence-electron chi connectivity index (χ1n) is 5.57. The maximum Gasteiger partial charge on any atom is 0.419 e. The zero-order chi connectivity index (χ0) is 15.8. The van der Waals surface area contributed by atoms with Crippen LogP contribution in [0.25, 0.3) is 0 Å². The molecule has 0 unspecified atom stereocenters. The Labute approximate surface area is 114 Å². The molecule has 110 valence electrons. The van der Waals surface area contributed by atoms with Gasteiger partial charge in [-0.25, -0.2) is 13.2 Å². The zero-order valence-corrected chi connectivity index (χ0v) is 10.1. The number of alkyl halides is 3. The first-order valence-corrected chi connectivity index (χ1v) is 5.57. The van der Waals surface area contributed by atoms with Crippen LogP contribution in [0.3, 0.4) is 0 Å². The van der Waals surface area contributed by atoms with Crippen molar-refractivity contribution in [2.45, 2.75) is 6.18 Å². The summed E-state index contributed by atoms with van der Waals surface area (Å²) in [6, 6.07) is 3.99. The van der Waals surface area contributed by atoms with Gasteiger partial charge in [0, 0.05) is 5.56 Å². The molecule has 0 aliphatic carbocycles. The second-order valence-electron chi connectivity index (χ2n) is 4.12. The molecular weight excluding hydrogens is 298 g/mol. The predicted molar refractivity (Wildman–Crippen MR) is 61.2 cm³/mol. The summed E-state index contributed by atoms with van der Waals surface area (Å²) in [7, 11) is 0. The van der Waals surface area contributed by atoms with E-state index in [1.165, 1.54) is 0 Å². The third-order valence-corrected chi connectivity index (χ3v) is 2.72. The van der Waals surface area contributed by atoms with Crippen LogP contribution in [-0.2, 0) is 6.18 Å². The van der Waals surface area contributed by atoms with Gasteiger partial charge in [-0.05, 0) is 30.3 Å². The second-order valence-corrected chi connectivity index (χ2v) is 4.12. The van der Waals surface area contributed by atoms with Crippen molar-refractivity contribution in [2.75, 3.05) is 0 Å². The number of carbonyl (C=O) groups excluding carboxylic acids is 1. The van der Waals surface area contributed by atoms with Gasteiger partial charge in [0.15, 0.2) is 5.78 Å². The number of rotatable bonds is 2. The molecule has 0 aromatic heterocycles. The van der Waals surface area contributed by atoms with E-state index in [1.807, 2.05) is 0 Å². The Hall–Kier alpha value is -2.31. The van der Waals surface area contributed by atoms with Crippen LogP contribution in [0.5, 0.6) is 0 Å². The van der Waals surface area contributed by atoms with E-state index in [4.69, 9.17) is 0 Å². The van der Waals surface area contributed by atoms with E-state index < -0.39 is 46.1 Å². The number of benzene rings is 2. The second kappa shape index (κ2) is 5.23. The van der Waals surface area contributed by atoms with Crippen molar-refractivity contribution in [3.05, 3.63) is 70.5 Å². The molecule has 0 aliphatic rings. The minimum absolute atomic E-state index is 0.226. The van der Waals surface area contributed by atoms with Gasteiger partial charge in [-0.3, -0.25) is 4.79 Å². The van der Waals surface area contributed by atoms with E-state index >= 15 is 0 Å². The van der Waals surface area contributed by atoms with Crippen molar-refractivity contribution in [3.63, 3.8) is 0 Å². The zero-order valence-electron chi connectivity index (χ0n) is 10.1. The van der Waals surface area contributed by atoms with Gasteiger partial charge < -0.3 is 0 Å². The van der Waals surface area contributed by atoms with Crippen LogP contribution in [0.15, 0.2) is 36.4 Å². The molecule has 2 aromatic rings. The highest BCUT2D eigenvalue weighted by molar-refractivity contribution is 6.09.